The number of hydrogen-bond donors (Lipinski definition) is 1. The molecule has 0 atom stereocenters. The fourth-order valence-corrected chi connectivity index (χ4v) is 1.76. The van der Waals surface area contributed by atoms with Gasteiger partial charge in [-0.2, -0.15) is 5.10 Å². The molecular formula is C10H16BrN3. The van der Waals surface area contributed by atoms with E-state index in [0.717, 1.165) is 16.9 Å². The highest BCUT2D eigenvalue weighted by Crippen LogP contribution is 2.15. The Morgan fingerprint density at radius 3 is 2.86 bits per heavy atom. The lowest BCUT2D eigenvalue weighted by Crippen LogP contribution is -2.32. The molecule has 0 fully saturated rings. The maximum atomic E-state index is 4.28. The predicted octanol–water partition coefficient (Wildman–Crippen LogP) is 2.28. The van der Waals surface area contributed by atoms with Crippen LogP contribution in [0.3, 0.4) is 0 Å². The summed E-state index contributed by atoms with van der Waals surface area (Å²) in [6.07, 6.45) is 6.21. The maximum Gasteiger partial charge on any atom is 0.131 e. The molecule has 0 aromatic rings. The average Bonchev–Trinajstić information content (AvgIpc) is 2.13. The zero-order valence-corrected chi connectivity index (χ0v) is 10.4. The SMILES string of the molecule is CN/N=C(/C(C)C)N1C=C(Br)C=CC1. The predicted molar refractivity (Wildman–Crippen MR) is 64.2 cm³/mol. The number of nitrogens with one attached hydrogen (secondary N) is 1. The Bertz CT molecular complexity index is 279. The molecule has 1 heterocycles. The Balaban J connectivity index is 2.80. The van der Waals surface area contributed by atoms with Crippen molar-refractivity contribution in [2.24, 2.45) is 11.0 Å². The van der Waals surface area contributed by atoms with Crippen LogP contribution in [0, 0.1) is 5.92 Å². The Labute approximate surface area is 93.7 Å². The fourth-order valence-electron chi connectivity index (χ4n) is 1.32. The summed E-state index contributed by atoms with van der Waals surface area (Å²) < 4.78 is 1.08. The average molecular weight is 258 g/mol. The summed E-state index contributed by atoms with van der Waals surface area (Å²) in [4.78, 5) is 2.13. The fraction of sp³-hybridized carbons (Fsp3) is 0.500. The van der Waals surface area contributed by atoms with Gasteiger partial charge < -0.3 is 10.3 Å². The van der Waals surface area contributed by atoms with Gasteiger partial charge in [-0.3, -0.25) is 0 Å². The van der Waals surface area contributed by atoms with Crippen LogP contribution in [0.2, 0.25) is 0 Å². The molecule has 0 spiro atoms. The number of halogens is 1. The molecule has 3 nitrogen and oxygen atoms in total. The smallest absolute Gasteiger partial charge is 0.131 e. The molecule has 0 radical (unpaired) electrons. The zero-order chi connectivity index (χ0) is 10.6. The molecule has 0 bridgehead atoms. The number of hydrogen-bond acceptors (Lipinski definition) is 2. The lowest BCUT2D eigenvalue weighted by molar-refractivity contribution is 0.560. The first kappa shape index (κ1) is 11.3. The van der Waals surface area contributed by atoms with E-state index in [4.69, 9.17) is 0 Å². The van der Waals surface area contributed by atoms with Crippen molar-refractivity contribution in [3.05, 3.63) is 22.8 Å². The first-order chi connectivity index (χ1) is 6.65. The zero-order valence-electron chi connectivity index (χ0n) is 8.79. The summed E-state index contributed by atoms with van der Waals surface area (Å²) >= 11 is 3.45. The highest BCUT2D eigenvalue weighted by atomic mass is 79.9. The van der Waals surface area contributed by atoms with Crippen molar-refractivity contribution in [3.8, 4) is 0 Å². The molecule has 1 aliphatic heterocycles. The van der Waals surface area contributed by atoms with E-state index in [1.54, 1.807) is 0 Å². The second kappa shape index (κ2) is 5.20. The van der Waals surface area contributed by atoms with E-state index in [1.807, 2.05) is 13.1 Å². The van der Waals surface area contributed by atoms with Crippen molar-refractivity contribution in [1.29, 1.82) is 0 Å². The van der Waals surface area contributed by atoms with E-state index >= 15 is 0 Å². The minimum absolute atomic E-state index is 0.408. The Kier molecular flexibility index (Phi) is 4.20. The Morgan fingerprint density at radius 1 is 1.64 bits per heavy atom. The van der Waals surface area contributed by atoms with Crippen LogP contribution >= 0.6 is 15.9 Å². The van der Waals surface area contributed by atoms with Crippen molar-refractivity contribution < 1.29 is 0 Å². The van der Waals surface area contributed by atoms with E-state index in [9.17, 15) is 0 Å². The number of allylic oxidation sites excluding steroid dienone is 2. The summed E-state index contributed by atoms with van der Waals surface area (Å²) in [5, 5.41) is 4.28. The molecule has 0 aromatic carbocycles. The standard InChI is InChI=1S/C10H16BrN3/c1-8(2)10(13-12-3)14-6-4-5-9(11)7-14/h4-5,7-8,12H,6H2,1-3H3/b13-10-. The van der Waals surface area contributed by atoms with Gasteiger partial charge in [0, 0.05) is 30.2 Å². The summed E-state index contributed by atoms with van der Waals surface area (Å²) in [6, 6.07) is 0. The monoisotopic (exact) mass is 257 g/mol. The van der Waals surface area contributed by atoms with Gasteiger partial charge in [0.1, 0.15) is 5.84 Å². The van der Waals surface area contributed by atoms with Crippen molar-refractivity contribution in [3.63, 3.8) is 0 Å². The van der Waals surface area contributed by atoms with Crippen LogP contribution < -0.4 is 5.43 Å². The second-order valence-electron chi connectivity index (χ2n) is 3.42. The van der Waals surface area contributed by atoms with Gasteiger partial charge in [0.25, 0.3) is 0 Å². The minimum atomic E-state index is 0.408. The van der Waals surface area contributed by atoms with Crippen LogP contribution in [0.4, 0.5) is 0 Å². The van der Waals surface area contributed by atoms with Crippen LogP contribution in [-0.2, 0) is 0 Å². The first-order valence-electron chi connectivity index (χ1n) is 4.70. The molecule has 78 valence electrons. The van der Waals surface area contributed by atoms with Gasteiger partial charge in [0.05, 0.1) is 0 Å². The molecule has 1 N–H and O–H groups in total. The van der Waals surface area contributed by atoms with Gasteiger partial charge in [0.2, 0.25) is 0 Å². The van der Waals surface area contributed by atoms with Gasteiger partial charge in [-0.1, -0.05) is 19.9 Å². The molecule has 0 saturated carbocycles. The third-order valence-corrected chi connectivity index (χ3v) is 2.36. The van der Waals surface area contributed by atoms with E-state index in [2.05, 4.69) is 57.5 Å². The molecule has 0 saturated heterocycles. The van der Waals surface area contributed by atoms with E-state index < -0.39 is 0 Å². The molecule has 0 aliphatic carbocycles. The molecular weight excluding hydrogens is 242 g/mol. The van der Waals surface area contributed by atoms with Gasteiger partial charge in [-0.05, 0) is 22.0 Å². The van der Waals surface area contributed by atoms with Crippen LogP contribution in [-0.4, -0.2) is 24.3 Å². The second-order valence-corrected chi connectivity index (χ2v) is 4.33. The molecule has 0 amide bonds. The Morgan fingerprint density at radius 2 is 2.36 bits per heavy atom. The third kappa shape index (κ3) is 2.87. The van der Waals surface area contributed by atoms with Crippen molar-refractivity contribution in [1.82, 2.24) is 10.3 Å². The topological polar surface area (TPSA) is 27.6 Å². The van der Waals surface area contributed by atoms with Crippen molar-refractivity contribution in [2.75, 3.05) is 13.6 Å². The molecule has 1 rings (SSSR count). The highest BCUT2D eigenvalue weighted by Gasteiger charge is 2.14. The summed E-state index contributed by atoms with van der Waals surface area (Å²) in [5.74, 6) is 1.46. The molecule has 1 aliphatic rings. The van der Waals surface area contributed by atoms with Crippen LogP contribution in [0.15, 0.2) is 27.9 Å². The number of amidine groups is 1. The Hall–Kier alpha value is -0.770. The van der Waals surface area contributed by atoms with Gasteiger partial charge in [-0.15, -0.1) is 0 Å². The molecule has 14 heavy (non-hydrogen) atoms. The largest absolute Gasteiger partial charge is 0.330 e. The van der Waals surface area contributed by atoms with Crippen LogP contribution in [0.5, 0.6) is 0 Å². The number of rotatable bonds is 2. The van der Waals surface area contributed by atoms with Gasteiger partial charge in [-0.25, -0.2) is 0 Å². The number of hydrazone groups is 1. The van der Waals surface area contributed by atoms with Crippen molar-refractivity contribution >= 4 is 21.8 Å². The third-order valence-electron chi connectivity index (χ3n) is 1.90. The lowest BCUT2D eigenvalue weighted by atomic mass is 10.1. The van der Waals surface area contributed by atoms with E-state index in [-0.39, 0.29) is 0 Å². The van der Waals surface area contributed by atoms with Gasteiger partial charge >= 0.3 is 0 Å². The highest BCUT2D eigenvalue weighted by molar-refractivity contribution is 9.11. The van der Waals surface area contributed by atoms with E-state index in [1.165, 1.54) is 0 Å². The van der Waals surface area contributed by atoms with Crippen LogP contribution in [0.1, 0.15) is 13.8 Å². The first-order valence-corrected chi connectivity index (χ1v) is 5.49. The lowest BCUT2D eigenvalue weighted by Gasteiger charge is -2.25. The normalized spacial score (nSPS) is 17.4. The quantitative estimate of drug-likeness (QED) is 0.467. The maximum absolute atomic E-state index is 4.28. The minimum Gasteiger partial charge on any atom is -0.330 e. The molecule has 4 heteroatoms. The summed E-state index contributed by atoms with van der Waals surface area (Å²) in [5.41, 5.74) is 2.84. The van der Waals surface area contributed by atoms with Crippen molar-refractivity contribution in [2.45, 2.75) is 13.8 Å². The van der Waals surface area contributed by atoms with E-state index in [0.29, 0.717) is 5.92 Å². The number of nitrogens with zero attached hydrogens (tertiary/aromatic N) is 2. The van der Waals surface area contributed by atoms with Crippen LogP contribution in [0.25, 0.3) is 0 Å². The summed E-state index contributed by atoms with van der Waals surface area (Å²) in [7, 11) is 1.82. The van der Waals surface area contributed by atoms with Gasteiger partial charge in [0.15, 0.2) is 0 Å². The summed E-state index contributed by atoms with van der Waals surface area (Å²) in [6.45, 7) is 5.15. The molecule has 0 unspecified atom stereocenters. The molecule has 0 aromatic heterocycles.